The normalized spacial score (nSPS) is 18.1. The number of rotatable bonds is 6. The second-order valence-electron chi connectivity index (χ2n) is 9.25. The Morgan fingerprint density at radius 2 is 1.74 bits per heavy atom. The predicted octanol–water partition coefficient (Wildman–Crippen LogP) is 7.07. The zero-order chi connectivity index (χ0) is 23.7. The van der Waals surface area contributed by atoms with E-state index in [1.165, 1.54) is 12.8 Å². The monoisotopic (exact) mass is 521 g/mol. The Labute approximate surface area is 216 Å². The average Bonchev–Trinajstić information content (AvgIpc) is 2.77. The van der Waals surface area contributed by atoms with Gasteiger partial charge in [0.25, 0.3) is 0 Å². The minimum atomic E-state index is -0.129. The molecule has 4 rings (SSSR count). The Hall–Kier alpha value is -2.05. The molecule has 0 saturated heterocycles. The smallest absolute Gasteiger partial charge is 0.163 e. The van der Waals surface area contributed by atoms with Crippen LogP contribution in [0.1, 0.15) is 43.0 Å². The van der Waals surface area contributed by atoms with Crippen molar-refractivity contribution in [2.45, 2.75) is 38.6 Å². The Balaban J connectivity index is 0.00000324. The molecule has 2 aromatic carbocycles. The van der Waals surface area contributed by atoms with E-state index in [2.05, 4.69) is 29.3 Å². The SMILES string of the molecule is CC(=O)c1cnc2ccc(-c3cc(Cl)c(O)c(Cl)c3)cc2c1N[C@H]1CC[C@H](CN(C)C)CC1.Cl. The van der Waals surface area contributed by atoms with Crippen LogP contribution in [0.25, 0.3) is 22.0 Å². The number of fused-ring (bicyclic) bond motifs is 1. The molecule has 1 heterocycles. The summed E-state index contributed by atoms with van der Waals surface area (Å²) in [7, 11) is 4.25. The Morgan fingerprint density at radius 3 is 2.32 bits per heavy atom. The van der Waals surface area contributed by atoms with E-state index in [1.54, 1.807) is 25.3 Å². The van der Waals surface area contributed by atoms with E-state index in [0.717, 1.165) is 53.0 Å². The first-order chi connectivity index (χ1) is 15.7. The summed E-state index contributed by atoms with van der Waals surface area (Å²) in [6, 6.07) is 9.57. The number of hydrogen-bond acceptors (Lipinski definition) is 5. The number of Topliss-reactive ketones (excluding diaryl/α,β-unsaturated/α-hetero) is 1. The van der Waals surface area contributed by atoms with Gasteiger partial charge in [0.2, 0.25) is 0 Å². The highest BCUT2D eigenvalue weighted by molar-refractivity contribution is 6.37. The quantitative estimate of drug-likeness (QED) is 0.339. The maximum atomic E-state index is 12.5. The van der Waals surface area contributed by atoms with Crippen LogP contribution in [0.3, 0.4) is 0 Å². The molecule has 8 heteroatoms. The van der Waals surface area contributed by atoms with Crippen molar-refractivity contribution in [2.24, 2.45) is 5.92 Å². The number of aromatic hydroxyl groups is 1. The zero-order valence-corrected chi connectivity index (χ0v) is 21.9. The van der Waals surface area contributed by atoms with E-state index in [-0.39, 0.29) is 34.0 Å². The lowest BCUT2D eigenvalue weighted by Crippen LogP contribution is -2.31. The molecule has 0 amide bonds. The standard InChI is InChI=1S/C26H29Cl2N3O2.ClH/c1-15(32)21-13-29-24-9-6-17(18-11-22(27)26(33)23(28)12-18)10-20(24)25(21)30-19-7-4-16(5-8-19)14-31(2)3;/h6,9-13,16,19,33H,4-5,7-8,14H2,1-3H3,(H,29,30);1H/t16-,19-;. The van der Waals surface area contributed by atoms with Crippen LogP contribution in [0.5, 0.6) is 5.75 Å². The van der Waals surface area contributed by atoms with Crippen LogP contribution in [-0.2, 0) is 0 Å². The topological polar surface area (TPSA) is 65.5 Å². The van der Waals surface area contributed by atoms with Crippen molar-refractivity contribution in [3.05, 3.63) is 52.1 Å². The molecule has 1 saturated carbocycles. The molecule has 182 valence electrons. The highest BCUT2D eigenvalue weighted by Crippen LogP contribution is 2.38. The number of aromatic nitrogens is 1. The van der Waals surface area contributed by atoms with Crippen LogP contribution in [-0.4, -0.2) is 47.5 Å². The van der Waals surface area contributed by atoms with Crippen LogP contribution in [0.4, 0.5) is 5.69 Å². The number of carbonyl (C=O) groups is 1. The summed E-state index contributed by atoms with van der Waals surface area (Å²) in [5.74, 6) is 0.569. The molecule has 1 aromatic heterocycles. The number of phenols is 1. The molecule has 0 atom stereocenters. The first-order valence-electron chi connectivity index (χ1n) is 11.3. The number of carbonyl (C=O) groups excluding carboxylic acids is 1. The molecular weight excluding hydrogens is 493 g/mol. The molecule has 34 heavy (non-hydrogen) atoms. The largest absolute Gasteiger partial charge is 0.505 e. The van der Waals surface area contributed by atoms with Gasteiger partial charge in [0.1, 0.15) is 0 Å². The molecular formula is C26H30Cl3N3O2. The van der Waals surface area contributed by atoms with Crippen molar-refractivity contribution in [1.82, 2.24) is 9.88 Å². The van der Waals surface area contributed by atoms with Crippen molar-refractivity contribution in [2.75, 3.05) is 26.0 Å². The molecule has 0 unspecified atom stereocenters. The van der Waals surface area contributed by atoms with Crippen molar-refractivity contribution >= 4 is 58.0 Å². The molecule has 0 bridgehead atoms. The minimum absolute atomic E-state index is 0. The summed E-state index contributed by atoms with van der Waals surface area (Å²) in [6.07, 6.45) is 6.15. The summed E-state index contributed by atoms with van der Waals surface area (Å²) in [4.78, 5) is 19.2. The van der Waals surface area contributed by atoms with Gasteiger partial charge < -0.3 is 15.3 Å². The molecule has 1 fully saturated rings. The van der Waals surface area contributed by atoms with Crippen LogP contribution in [0.15, 0.2) is 36.5 Å². The summed E-state index contributed by atoms with van der Waals surface area (Å²) >= 11 is 12.3. The summed E-state index contributed by atoms with van der Waals surface area (Å²) in [5.41, 5.74) is 3.90. The van der Waals surface area contributed by atoms with Crippen molar-refractivity contribution < 1.29 is 9.90 Å². The van der Waals surface area contributed by atoms with E-state index in [1.807, 2.05) is 18.2 Å². The molecule has 0 spiro atoms. The number of halogens is 3. The Bertz CT molecular complexity index is 1170. The van der Waals surface area contributed by atoms with Gasteiger partial charge in [0.15, 0.2) is 11.5 Å². The van der Waals surface area contributed by atoms with Crippen molar-refractivity contribution in [1.29, 1.82) is 0 Å². The third-order valence-corrected chi connectivity index (χ3v) is 6.99. The molecule has 3 aromatic rings. The number of nitrogens with zero attached hydrogens (tertiary/aromatic N) is 2. The lowest BCUT2D eigenvalue weighted by molar-refractivity contribution is 0.101. The number of phenolic OH excluding ortho intramolecular Hbond substituents is 1. The Morgan fingerprint density at radius 1 is 1.09 bits per heavy atom. The Kier molecular flexibility index (Phi) is 8.69. The maximum Gasteiger partial charge on any atom is 0.163 e. The van der Waals surface area contributed by atoms with E-state index in [4.69, 9.17) is 23.2 Å². The molecule has 1 aliphatic rings. The van der Waals surface area contributed by atoms with E-state index >= 15 is 0 Å². The van der Waals surface area contributed by atoms with Crippen LogP contribution in [0.2, 0.25) is 10.0 Å². The van der Waals surface area contributed by atoms with Gasteiger partial charge >= 0.3 is 0 Å². The average molecular weight is 523 g/mol. The lowest BCUT2D eigenvalue weighted by Gasteiger charge is -2.32. The fourth-order valence-corrected chi connectivity index (χ4v) is 5.22. The van der Waals surface area contributed by atoms with Crippen LogP contribution in [0, 0.1) is 5.92 Å². The van der Waals surface area contributed by atoms with Gasteiger partial charge in [-0.1, -0.05) is 29.3 Å². The van der Waals surface area contributed by atoms with Gasteiger partial charge in [-0.05, 0) is 88.0 Å². The molecule has 0 radical (unpaired) electrons. The fraction of sp³-hybridized carbons (Fsp3) is 0.385. The summed E-state index contributed by atoms with van der Waals surface area (Å²) < 4.78 is 0. The maximum absolute atomic E-state index is 12.5. The number of nitrogens with one attached hydrogen (secondary N) is 1. The number of anilines is 1. The van der Waals surface area contributed by atoms with Gasteiger partial charge in [-0.25, -0.2) is 0 Å². The molecule has 1 aliphatic carbocycles. The highest BCUT2D eigenvalue weighted by atomic mass is 35.5. The highest BCUT2D eigenvalue weighted by Gasteiger charge is 2.24. The van der Waals surface area contributed by atoms with E-state index < -0.39 is 0 Å². The lowest BCUT2D eigenvalue weighted by atomic mass is 9.85. The third kappa shape index (κ3) is 5.77. The first-order valence-corrected chi connectivity index (χ1v) is 12.0. The molecule has 0 aliphatic heterocycles. The first kappa shape index (κ1) is 26.6. The van der Waals surface area contributed by atoms with E-state index in [0.29, 0.717) is 11.6 Å². The van der Waals surface area contributed by atoms with Gasteiger partial charge in [-0.2, -0.15) is 0 Å². The second-order valence-corrected chi connectivity index (χ2v) is 10.1. The summed E-state index contributed by atoms with van der Waals surface area (Å²) in [5, 5.41) is 14.9. The zero-order valence-electron chi connectivity index (χ0n) is 19.6. The fourth-order valence-electron chi connectivity index (χ4n) is 4.74. The number of benzene rings is 2. The van der Waals surface area contributed by atoms with Gasteiger partial charge in [-0.15, -0.1) is 12.4 Å². The van der Waals surface area contributed by atoms with E-state index in [9.17, 15) is 9.90 Å². The van der Waals surface area contributed by atoms with Gasteiger partial charge in [0, 0.05) is 24.2 Å². The van der Waals surface area contributed by atoms with Gasteiger partial charge in [-0.3, -0.25) is 9.78 Å². The predicted molar refractivity (Wildman–Crippen MR) is 144 cm³/mol. The van der Waals surface area contributed by atoms with Crippen molar-refractivity contribution in [3.63, 3.8) is 0 Å². The molecule has 5 nitrogen and oxygen atoms in total. The van der Waals surface area contributed by atoms with Crippen LogP contribution < -0.4 is 5.32 Å². The number of pyridine rings is 1. The summed E-state index contributed by atoms with van der Waals surface area (Å²) in [6.45, 7) is 2.69. The second kappa shape index (κ2) is 11.1. The molecule has 2 N–H and O–H groups in total. The number of ketones is 1. The van der Waals surface area contributed by atoms with Crippen LogP contribution >= 0.6 is 35.6 Å². The van der Waals surface area contributed by atoms with Crippen molar-refractivity contribution in [3.8, 4) is 16.9 Å². The third-order valence-electron chi connectivity index (χ3n) is 6.42. The van der Waals surface area contributed by atoms with Gasteiger partial charge in [0.05, 0.1) is 26.8 Å². The minimum Gasteiger partial charge on any atom is -0.505 e. The number of hydrogen-bond donors (Lipinski definition) is 2.